The number of nitrogens with two attached hydrogens (primary N) is 2. The van der Waals surface area contributed by atoms with Gasteiger partial charge in [-0.3, -0.25) is 9.69 Å². The molecule has 1 saturated heterocycles. The number of primary amides is 1. The van der Waals surface area contributed by atoms with Crippen molar-refractivity contribution in [3.05, 3.63) is 30.1 Å². The van der Waals surface area contributed by atoms with Crippen molar-refractivity contribution in [3.63, 3.8) is 0 Å². The number of anilines is 1. The van der Waals surface area contributed by atoms with Gasteiger partial charge >= 0.3 is 0 Å². The summed E-state index contributed by atoms with van der Waals surface area (Å²) in [6, 6.07) is 6.23. The van der Waals surface area contributed by atoms with Crippen LogP contribution in [0.15, 0.2) is 24.3 Å². The Balaban J connectivity index is 1.81. The Morgan fingerprint density at radius 2 is 1.90 bits per heavy atom. The molecular weight excluding hydrogens is 259 g/mol. The molecular formula is C14H21FN4O. The Bertz CT molecular complexity index is 460. The van der Waals surface area contributed by atoms with E-state index in [0.717, 1.165) is 32.7 Å². The van der Waals surface area contributed by atoms with Crippen LogP contribution in [0.1, 0.15) is 6.42 Å². The van der Waals surface area contributed by atoms with Crippen molar-refractivity contribution in [2.45, 2.75) is 12.5 Å². The van der Waals surface area contributed by atoms with Gasteiger partial charge in [-0.2, -0.15) is 0 Å². The lowest BCUT2D eigenvalue weighted by molar-refractivity contribution is -0.119. The minimum absolute atomic E-state index is 0.184. The molecule has 1 aromatic carbocycles. The minimum atomic E-state index is -0.584. The van der Waals surface area contributed by atoms with Gasteiger partial charge in [-0.15, -0.1) is 0 Å². The van der Waals surface area contributed by atoms with E-state index in [1.165, 1.54) is 6.07 Å². The summed E-state index contributed by atoms with van der Waals surface area (Å²) in [5.74, 6) is -0.647. The molecule has 1 aromatic rings. The van der Waals surface area contributed by atoms with E-state index < -0.39 is 11.9 Å². The summed E-state index contributed by atoms with van der Waals surface area (Å²) < 4.78 is 13.7. The maximum atomic E-state index is 13.7. The number of rotatable bonds is 5. The van der Waals surface area contributed by atoms with Gasteiger partial charge < -0.3 is 16.4 Å². The number of halogens is 1. The zero-order valence-electron chi connectivity index (χ0n) is 11.5. The van der Waals surface area contributed by atoms with Crippen LogP contribution >= 0.6 is 0 Å². The number of nitrogens with zero attached hydrogens (tertiary/aromatic N) is 2. The summed E-state index contributed by atoms with van der Waals surface area (Å²) in [5, 5.41) is 0. The van der Waals surface area contributed by atoms with E-state index >= 15 is 0 Å². The SMILES string of the molecule is NC(=O)C(N)CCN1CCN(c2ccccc2F)CC1. The number of hydrogen-bond acceptors (Lipinski definition) is 4. The molecule has 0 radical (unpaired) electrons. The lowest BCUT2D eigenvalue weighted by Crippen LogP contribution is -2.48. The van der Waals surface area contributed by atoms with E-state index in [0.29, 0.717) is 12.1 Å². The van der Waals surface area contributed by atoms with Crippen LogP contribution in [0.5, 0.6) is 0 Å². The first-order chi connectivity index (χ1) is 9.58. The van der Waals surface area contributed by atoms with Crippen LogP contribution in [0.4, 0.5) is 10.1 Å². The highest BCUT2D eigenvalue weighted by atomic mass is 19.1. The van der Waals surface area contributed by atoms with E-state index in [2.05, 4.69) is 4.90 Å². The molecule has 0 saturated carbocycles. The van der Waals surface area contributed by atoms with Crippen LogP contribution in [-0.4, -0.2) is 49.6 Å². The molecule has 0 spiro atoms. The van der Waals surface area contributed by atoms with Crippen molar-refractivity contribution in [2.75, 3.05) is 37.6 Å². The summed E-state index contributed by atoms with van der Waals surface area (Å²) in [6.45, 7) is 3.95. The number of piperazine rings is 1. The first kappa shape index (κ1) is 14.7. The zero-order valence-corrected chi connectivity index (χ0v) is 11.5. The summed E-state index contributed by atoms with van der Waals surface area (Å²) in [5.41, 5.74) is 11.4. The summed E-state index contributed by atoms with van der Waals surface area (Å²) in [7, 11) is 0. The van der Waals surface area contributed by atoms with Gasteiger partial charge in [0, 0.05) is 32.7 Å². The van der Waals surface area contributed by atoms with E-state index in [1.807, 2.05) is 11.0 Å². The largest absolute Gasteiger partial charge is 0.368 e. The number of hydrogen-bond donors (Lipinski definition) is 2. The third kappa shape index (κ3) is 3.68. The van der Waals surface area contributed by atoms with Crippen LogP contribution in [0, 0.1) is 5.82 Å². The average Bonchev–Trinajstić information content (AvgIpc) is 2.46. The fraction of sp³-hybridized carbons (Fsp3) is 0.500. The fourth-order valence-electron chi connectivity index (χ4n) is 2.38. The molecule has 1 atom stereocenters. The summed E-state index contributed by atoms with van der Waals surface area (Å²) in [6.07, 6.45) is 0.565. The van der Waals surface area contributed by atoms with Gasteiger partial charge in [-0.05, 0) is 18.6 Å². The van der Waals surface area contributed by atoms with Crippen LogP contribution in [0.25, 0.3) is 0 Å². The van der Waals surface area contributed by atoms with E-state index in [-0.39, 0.29) is 5.82 Å². The van der Waals surface area contributed by atoms with Crippen molar-refractivity contribution in [1.29, 1.82) is 0 Å². The highest BCUT2D eigenvalue weighted by Crippen LogP contribution is 2.20. The van der Waals surface area contributed by atoms with E-state index in [9.17, 15) is 9.18 Å². The van der Waals surface area contributed by atoms with Gasteiger partial charge in [-0.1, -0.05) is 12.1 Å². The number of amides is 1. The summed E-state index contributed by atoms with van der Waals surface area (Å²) >= 11 is 0. The number of carbonyl (C=O) groups is 1. The predicted octanol–water partition coefficient (Wildman–Crippen LogP) is 0.150. The van der Waals surface area contributed by atoms with Gasteiger partial charge in [0.1, 0.15) is 5.82 Å². The molecule has 20 heavy (non-hydrogen) atoms. The van der Waals surface area contributed by atoms with E-state index in [4.69, 9.17) is 11.5 Å². The second-order valence-corrected chi connectivity index (χ2v) is 5.08. The number of para-hydroxylation sites is 1. The third-order valence-electron chi connectivity index (χ3n) is 3.69. The second kappa shape index (κ2) is 6.67. The van der Waals surface area contributed by atoms with Crippen molar-refractivity contribution in [2.24, 2.45) is 11.5 Å². The molecule has 0 aromatic heterocycles. The van der Waals surface area contributed by atoms with Crippen LogP contribution in [0.2, 0.25) is 0 Å². The average molecular weight is 280 g/mol. The van der Waals surface area contributed by atoms with Gasteiger partial charge in [-0.25, -0.2) is 4.39 Å². The molecule has 0 aliphatic carbocycles. The first-order valence-corrected chi connectivity index (χ1v) is 6.84. The van der Waals surface area contributed by atoms with Crippen molar-refractivity contribution in [3.8, 4) is 0 Å². The molecule has 5 nitrogen and oxygen atoms in total. The number of benzene rings is 1. The predicted molar refractivity (Wildman–Crippen MR) is 76.8 cm³/mol. The van der Waals surface area contributed by atoms with Gasteiger partial charge in [0.05, 0.1) is 11.7 Å². The molecule has 1 aliphatic heterocycles. The van der Waals surface area contributed by atoms with Gasteiger partial charge in [0.2, 0.25) is 5.91 Å². The maximum absolute atomic E-state index is 13.7. The Morgan fingerprint density at radius 1 is 1.25 bits per heavy atom. The molecule has 2 rings (SSSR count). The van der Waals surface area contributed by atoms with Crippen molar-refractivity contribution < 1.29 is 9.18 Å². The molecule has 1 fully saturated rings. The van der Waals surface area contributed by atoms with Crippen molar-refractivity contribution >= 4 is 11.6 Å². The Kier molecular flexibility index (Phi) is 4.92. The Labute approximate surface area is 118 Å². The molecule has 4 N–H and O–H groups in total. The lowest BCUT2D eigenvalue weighted by atomic mass is 10.2. The van der Waals surface area contributed by atoms with Gasteiger partial charge in [0.25, 0.3) is 0 Å². The van der Waals surface area contributed by atoms with Gasteiger partial charge in [0.15, 0.2) is 0 Å². The third-order valence-corrected chi connectivity index (χ3v) is 3.69. The quantitative estimate of drug-likeness (QED) is 0.805. The van der Waals surface area contributed by atoms with Crippen LogP contribution in [-0.2, 0) is 4.79 Å². The lowest BCUT2D eigenvalue weighted by Gasteiger charge is -2.36. The van der Waals surface area contributed by atoms with E-state index in [1.54, 1.807) is 12.1 Å². The molecule has 1 amide bonds. The topological polar surface area (TPSA) is 75.6 Å². The molecule has 1 aliphatic rings. The zero-order chi connectivity index (χ0) is 14.5. The molecule has 1 heterocycles. The molecule has 1 unspecified atom stereocenters. The van der Waals surface area contributed by atoms with Crippen LogP contribution < -0.4 is 16.4 Å². The monoisotopic (exact) mass is 280 g/mol. The molecule has 6 heteroatoms. The number of carbonyl (C=O) groups excluding carboxylic acids is 1. The normalized spacial score (nSPS) is 18.0. The van der Waals surface area contributed by atoms with Crippen molar-refractivity contribution in [1.82, 2.24) is 4.90 Å². The second-order valence-electron chi connectivity index (χ2n) is 5.08. The van der Waals surface area contributed by atoms with Crippen LogP contribution in [0.3, 0.4) is 0 Å². The molecule has 110 valence electrons. The Hall–Kier alpha value is -1.66. The summed E-state index contributed by atoms with van der Waals surface area (Å²) in [4.78, 5) is 15.1. The molecule has 0 bridgehead atoms. The standard InChI is InChI=1S/C14H21FN4O/c15-11-3-1-2-4-13(11)19-9-7-18(8-10-19)6-5-12(16)14(17)20/h1-4,12H,5-10,16H2,(H2,17,20). The highest BCUT2D eigenvalue weighted by molar-refractivity contribution is 5.79. The fourth-order valence-corrected chi connectivity index (χ4v) is 2.38. The minimum Gasteiger partial charge on any atom is -0.368 e. The highest BCUT2D eigenvalue weighted by Gasteiger charge is 2.20. The Morgan fingerprint density at radius 3 is 2.50 bits per heavy atom. The first-order valence-electron chi connectivity index (χ1n) is 6.84. The maximum Gasteiger partial charge on any atom is 0.234 e. The smallest absolute Gasteiger partial charge is 0.234 e.